The molecule has 5 heavy (non-hydrogen) atoms. The first-order chi connectivity index (χ1) is 2.27. The summed E-state index contributed by atoms with van der Waals surface area (Å²) in [5, 5.41) is 7.64. The maximum absolute atomic E-state index is 7.64. The molecule has 28 valence electrons. The lowest BCUT2D eigenvalue weighted by molar-refractivity contribution is 1.16. The van der Waals surface area contributed by atoms with Gasteiger partial charge in [-0.15, -0.1) is 0 Å². The number of halogens is 1. The van der Waals surface area contributed by atoms with Crippen LogP contribution < -0.4 is 0 Å². The van der Waals surface area contributed by atoms with Gasteiger partial charge in [-0.05, 0) is 11.6 Å². The third kappa shape index (κ3) is 3.71. The van der Waals surface area contributed by atoms with Crippen molar-refractivity contribution in [3.63, 3.8) is 0 Å². The van der Waals surface area contributed by atoms with Crippen LogP contribution in [0.4, 0.5) is 0 Å². The minimum absolute atomic E-state index is 0.463. The Kier molecular flexibility index (Phi) is 1.86. The molecule has 0 aliphatic carbocycles. The summed E-state index contributed by atoms with van der Waals surface area (Å²) >= 11 is 5.05. The molecule has 2 nitrogen and oxygen atoms in total. The molecule has 0 N–H and O–H groups in total. The molecule has 0 aliphatic rings. The highest BCUT2D eigenvalue weighted by molar-refractivity contribution is 6.21. The van der Waals surface area contributed by atoms with E-state index in [4.69, 9.17) is 17.0 Å². The van der Waals surface area contributed by atoms with E-state index in [9.17, 15) is 0 Å². The van der Waals surface area contributed by atoms with Gasteiger partial charge in [0.05, 0.1) is 0 Å². The number of diazo groups is 1. The van der Waals surface area contributed by atoms with E-state index in [2.05, 4.69) is 4.98 Å². The minimum Gasteiger partial charge on any atom is -0.0237 e. The first kappa shape index (κ1) is 4.71. The molecule has 0 aliphatic heterocycles. The third-order valence-corrected chi connectivity index (χ3v) is 0.246. The second-order valence-electron chi connectivity index (χ2n) is 0.689. The van der Waals surface area contributed by atoms with Crippen molar-refractivity contribution < 1.29 is 0 Å². The molecule has 0 amide bonds. The van der Waals surface area contributed by atoms with Crippen LogP contribution in [-0.2, 0) is 0 Å². The molecule has 3 heteroatoms. The molecule has 0 saturated heterocycles. The van der Waals surface area contributed by atoms with Gasteiger partial charge in [-0.2, -0.15) is 0 Å². The molecule has 0 aromatic heterocycles. The van der Waals surface area contributed by atoms with Crippen molar-refractivity contribution in [2.45, 2.75) is 12.4 Å². The Morgan fingerprint density at radius 3 is 2.20 bits per heavy atom. The summed E-state index contributed by atoms with van der Waals surface area (Å²) in [7, 11) is 0. The molecule has 0 rings (SSSR count). The topological polar surface area (TPSA) is 28.1 Å². The van der Waals surface area contributed by atoms with Crippen LogP contribution in [0.5, 0.6) is 0 Å². The van der Waals surface area contributed by atoms with E-state index in [1.807, 2.05) is 0 Å². The van der Waals surface area contributed by atoms with E-state index in [1.54, 1.807) is 6.92 Å². The number of rotatable bonds is 0. The van der Waals surface area contributed by atoms with Gasteiger partial charge in [0.25, 0.3) is 0 Å². The predicted octanol–water partition coefficient (Wildman–Crippen LogP) is 1.42. The molecule has 0 bridgehead atoms. The summed E-state index contributed by atoms with van der Waals surface area (Å²) in [6.07, 6.45) is 0. The SMILES string of the molecule is CC(Cl)[N+]#N. The number of alkyl halides is 1. The number of hydrogen-bond acceptors (Lipinski definition) is 1. The quantitative estimate of drug-likeness (QED) is 0.252. The Balaban J connectivity index is 2.94. The van der Waals surface area contributed by atoms with Gasteiger partial charge in [0.1, 0.15) is 4.98 Å². The van der Waals surface area contributed by atoms with Crippen LogP contribution in [0.3, 0.4) is 0 Å². The lowest BCUT2D eigenvalue weighted by atomic mass is 10.8. The van der Waals surface area contributed by atoms with Crippen molar-refractivity contribution in [3.8, 4) is 0 Å². The molecular formula is C2H4ClN2+. The number of hydrogen-bond donors (Lipinski definition) is 0. The van der Waals surface area contributed by atoms with Crippen molar-refractivity contribution in [1.29, 1.82) is 5.39 Å². The van der Waals surface area contributed by atoms with Crippen LogP contribution in [0.25, 0.3) is 4.98 Å². The first-order valence-electron chi connectivity index (χ1n) is 1.25. The molecule has 1 unspecified atom stereocenters. The minimum atomic E-state index is -0.463. The van der Waals surface area contributed by atoms with Crippen LogP contribution in [0.1, 0.15) is 6.92 Å². The Hall–Kier alpha value is -0.290. The van der Waals surface area contributed by atoms with Crippen molar-refractivity contribution in [2.24, 2.45) is 0 Å². The highest BCUT2D eigenvalue weighted by Crippen LogP contribution is 1.90. The van der Waals surface area contributed by atoms with Crippen LogP contribution in [-0.4, -0.2) is 5.50 Å². The van der Waals surface area contributed by atoms with E-state index < -0.39 is 5.50 Å². The normalized spacial score (nSPS) is 13.0. The molecule has 0 aromatic rings. The highest BCUT2D eigenvalue weighted by Gasteiger charge is 1.99. The zero-order chi connectivity index (χ0) is 4.28. The van der Waals surface area contributed by atoms with E-state index in [0.29, 0.717) is 0 Å². The fourth-order valence-electron chi connectivity index (χ4n) is 0. The monoisotopic (exact) mass is 91.0 g/mol. The molecule has 0 radical (unpaired) electrons. The lowest BCUT2D eigenvalue weighted by Gasteiger charge is -1.56. The standard InChI is InChI=1S/C2H4ClN2/c1-2(3)5-4/h2H,1H3/q+1. The zero-order valence-corrected chi connectivity index (χ0v) is 3.61. The van der Waals surface area contributed by atoms with E-state index in [1.165, 1.54) is 0 Å². The second-order valence-corrected chi connectivity index (χ2v) is 1.32. The zero-order valence-electron chi connectivity index (χ0n) is 2.85. The predicted molar refractivity (Wildman–Crippen MR) is 20.4 cm³/mol. The molecule has 1 atom stereocenters. The van der Waals surface area contributed by atoms with Gasteiger partial charge in [0, 0.05) is 6.92 Å². The second kappa shape index (κ2) is 1.98. The van der Waals surface area contributed by atoms with Gasteiger partial charge < -0.3 is 0 Å². The van der Waals surface area contributed by atoms with Crippen LogP contribution in [0.15, 0.2) is 0 Å². The van der Waals surface area contributed by atoms with Gasteiger partial charge in [-0.25, -0.2) is 0 Å². The van der Waals surface area contributed by atoms with E-state index in [-0.39, 0.29) is 0 Å². The maximum atomic E-state index is 7.64. The van der Waals surface area contributed by atoms with Crippen LogP contribution in [0.2, 0.25) is 0 Å². The summed E-state index contributed by atoms with van der Waals surface area (Å²) in [6.45, 7) is 1.57. The average Bonchev–Trinajstić information content (AvgIpc) is 1.38. The highest BCUT2D eigenvalue weighted by atomic mass is 35.5. The van der Waals surface area contributed by atoms with Gasteiger partial charge in [0.2, 0.25) is 5.39 Å². The maximum Gasteiger partial charge on any atom is 0.385 e. The van der Waals surface area contributed by atoms with Crippen molar-refractivity contribution in [2.75, 3.05) is 0 Å². The molecule has 0 aromatic carbocycles. The summed E-state index contributed by atoms with van der Waals surface area (Å²) in [5.74, 6) is 0. The van der Waals surface area contributed by atoms with Crippen molar-refractivity contribution in [3.05, 3.63) is 4.98 Å². The number of nitrogens with zero attached hydrogens (tertiary/aromatic N) is 2. The van der Waals surface area contributed by atoms with E-state index in [0.717, 1.165) is 0 Å². The van der Waals surface area contributed by atoms with E-state index >= 15 is 0 Å². The molecular weight excluding hydrogens is 87.5 g/mol. The average molecular weight is 91.5 g/mol. The van der Waals surface area contributed by atoms with Gasteiger partial charge in [-0.3, -0.25) is 0 Å². The fourth-order valence-corrected chi connectivity index (χ4v) is 0. The van der Waals surface area contributed by atoms with Crippen LogP contribution in [0, 0.1) is 5.39 Å². The third-order valence-electron chi connectivity index (χ3n) is 0.159. The Labute approximate surface area is 35.4 Å². The summed E-state index contributed by atoms with van der Waals surface area (Å²) < 4.78 is 0. The molecule has 0 spiro atoms. The van der Waals surface area contributed by atoms with Gasteiger partial charge >= 0.3 is 5.50 Å². The first-order valence-corrected chi connectivity index (χ1v) is 1.69. The van der Waals surface area contributed by atoms with Crippen molar-refractivity contribution >= 4 is 11.6 Å². The molecule has 0 saturated carbocycles. The largest absolute Gasteiger partial charge is 0.385 e. The Bertz CT molecular complexity index is 53.2. The van der Waals surface area contributed by atoms with Crippen molar-refractivity contribution in [1.82, 2.24) is 0 Å². The smallest absolute Gasteiger partial charge is 0.0237 e. The van der Waals surface area contributed by atoms with Gasteiger partial charge in [0.15, 0.2) is 0 Å². The fraction of sp³-hybridized carbons (Fsp3) is 1.00. The molecule has 0 fully saturated rings. The molecule has 0 heterocycles. The summed E-state index contributed by atoms with van der Waals surface area (Å²) in [5.41, 5.74) is -0.463. The summed E-state index contributed by atoms with van der Waals surface area (Å²) in [4.78, 5) is 2.65. The Morgan fingerprint density at radius 1 is 2.00 bits per heavy atom. The Morgan fingerprint density at radius 2 is 2.20 bits per heavy atom. The van der Waals surface area contributed by atoms with Crippen LogP contribution >= 0.6 is 11.6 Å². The van der Waals surface area contributed by atoms with Gasteiger partial charge in [-0.1, -0.05) is 0 Å². The summed E-state index contributed by atoms with van der Waals surface area (Å²) in [6, 6.07) is 0. The lowest BCUT2D eigenvalue weighted by Crippen LogP contribution is -1.71.